The largest absolute Gasteiger partial charge is 0.335 e. The van der Waals surface area contributed by atoms with Crippen LogP contribution in [0.5, 0.6) is 0 Å². The van der Waals surface area contributed by atoms with Gasteiger partial charge in [0.1, 0.15) is 0 Å². The van der Waals surface area contributed by atoms with E-state index in [-0.39, 0.29) is 46.4 Å². The van der Waals surface area contributed by atoms with E-state index in [2.05, 4.69) is 101 Å². The Hall–Kier alpha value is -0.520. The van der Waals surface area contributed by atoms with E-state index >= 15 is 0 Å². The third-order valence-corrected chi connectivity index (χ3v) is 25.0. The molecule has 0 saturated carbocycles. The first-order valence-electron chi connectivity index (χ1n) is 14.3. The molecule has 0 bridgehead atoms. The molecule has 5 aromatic carbocycles. The van der Waals surface area contributed by atoms with Crippen LogP contribution in [0.15, 0.2) is 133 Å². The van der Waals surface area contributed by atoms with Crippen molar-refractivity contribution in [2.75, 3.05) is 4.93 Å². The first-order valence-corrected chi connectivity index (χ1v) is 41.9. The second-order valence-corrected chi connectivity index (χ2v) is 29.6. The van der Waals surface area contributed by atoms with E-state index in [0.29, 0.717) is 14.7 Å². The van der Waals surface area contributed by atoms with Crippen molar-refractivity contribution >= 4 is 147 Å². The van der Waals surface area contributed by atoms with E-state index in [1.54, 1.807) is 30.3 Å². The van der Waals surface area contributed by atoms with Crippen LogP contribution < -0.4 is 34.5 Å². The fourth-order valence-electron chi connectivity index (χ4n) is 3.77. The third-order valence-electron chi connectivity index (χ3n) is 5.98. The van der Waals surface area contributed by atoms with Crippen molar-refractivity contribution < 1.29 is 77.7 Å². The first-order chi connectivity index (χ1) is 26.6. The molecule has 0 fully saturated rings. The zero-order valence-electron chi connectivity index (χ0n) is 27.5. The predicted molar refractivity (Wildman–Crippen MR) is 243 cm³/mol. The molecular weight excluding hydrogens is 1580 g/mol. The minimum atomic E-state index is -3.02. The maximum atomic E-state index is 12.9. The molecule has 298 valence electrons. The number of carbonyl (C=O) groups excluding carboxylic acids is 3. The summed E-state index contributed by atoms with van der Waals surface area (Å²) in [6.07, 6.45) is 0. The SMILES string of the molecule is CI1OC(=O)c2ccccc21.I[I-]c1ccccc1.I[I-]c1ccccc1.O=C1OI(Cl)c2ccccc21.O=C1OI(F)c2ccccc21.O=S=O.O=S=O. The fourth-order valence-corrected chi connectivity index (χ4v) is 17.3. The molecule has 55 heavy (non-hydrogen) atoms. The van der Waals surface area contributed by atoms with Gasteiger partial charge in [-0.3, -0.25) is 0 Å². The molecule has 3 aliphatic heterocycles. The molecular formula is C34H25ClFI7O10S2-2. The van der Waals surface area contributed by atoms with Crippen molar-refractivity contribution in [2.24, 2.45) is 0 Å². The number of halogens is 9. The van der Waals surface area contributed by atoms with Crippen LogP contribution in [0.25, 0.3) is 0 Å². The van der Waals surface area contributed by atoms with E-state index in [0.717, 1.165) is 12.7 Å². The summed E-state index contributed by atoms with van der Waals surface area (Å²) in [5.41, 5.74) is 1.83. The van der Waals surface area contributed by atoms with E-state index < -0.39 is 89.3 Å². The molecule has 10 nitrogen and oxygen atoms in total. The number of rotatable bonds is 2. The maximum absolute atomic E-state index is 12.9. The zero-order valence-corrected chi connectivity index (χ0v) is 45.0. The molecule has 0 amide bonds. The molecule has 0 N–H and O–H groups in total. The van der Waals surface area contributed by atoms with E-state index in [9.17, 15) is 17.2 Å². The smallest absolute Gasteiger partial charge is 0.168 e. The second-order valence-electron chi connectivity index (χ2n) is 9.24. The Balaban J connectivity index is 0.000000231. The molecule has 3 heterocycles. The summed E-state index contributed by atoms with van der Waals surface area (Å²) in [5.74, 6) is -0.901. The molecule has 21 heteroatoms. The van der Waals surface area contributed by atoms with Crippen molar-refractivity contribution in [3.8, 4) is 0 Å². The molecule has 0 aromatic heterocycles. The summed E-state index contributed by atoms with van der Waals surface area (Å²) in [7, 11) is 5.85. The average Bonchev–Trinajstić information content (AvgIpc) is 3.80. The summed E-state index contributed by atoms with van der Waals surface area (Å²) in [6.45, 7) is 0. The van der Waals surface area contributed by atoms with Gasteiger partial charge >= 0.3 is 381 Å². The molecule has 0 radical (unpaired) electrons. The summed E-state index contributed by atoms with van der Waals surface area (Å²) in [6, 6.07) is 42.8. The van der Waals surface area contributed by atoms with Gasteiger partial charge in [0.05, 0.1) is 0 Å². The van der Waals surface area contributed by atoms with Gasteiger partial charge < -0.3 is 0 Å². The summed E-state index contributed by atoms with van der Waals surface area (Å²) >= 11 is -2.60. The van der Waals surface area contributed by atoms with Gasteiger partial charge in [0.2, 0.25) is 0 Å². The number of hydrogen-bond donors (Lipinski definition) is 0. The Kier molecular flexibility index (Phi) is 27.3. The second kappa shape index (κ2) is 29.7. The molecule has 0 unspecified atom stereocenters. The van der Waals surface area contributed by atoms with Gasteiger partial charge in [-0.15, -0.1) is 0 Å². The molecule has 0 atom stereocenters. The Morgan fingerprint density at radius 2 is 0.855 bits per heavy atom. The van der Waals surface area contributed by atoms with E-state index in [1.165, 1.54) is 7.14 Å². The van der Waals surface area contributed by atoms with Gasteiger partial charge in [-0.05, 0) is 0 Å². The van der Waals surface area contributed by atoms with Crippen LogP contribution in [0.4, 0.5) is 2.86 Å². The van der Waals surface area contributed by atoms with Gasteiger partial charge in [-0.25, -0.2) is 0 Å². The molecule has 5 aromatic rings. The topological polar surface area (TPSA) is 147 Å². The number of benzene rings is 5. The predicted octanol–water partition coefficient (Wildman–Crippen LogP) is 4.26. The van der Waals surface area contributed by atoms with E-state index in [1.807, 2.05) is 47.4 Å². The van der Waals surface area contributed by atoms with Crippen LogP contribution in [-0.4, -0.2) is 39.7 Å². The summed E-state index contributed by atoms with van der Waals surface area (Å²) in [4.78, 5) is 35.0. The van der Waals surface area contributed by atoms with Crippen LogP contribution in [0.1, 0.15) is 31.1 Å². The average molecular weight is 1600 g/mol. The third kappa shape index (κ3) is 18.1. The van der Waals surface area contributed by atoms with Crippen LogP contribution in [0.3, 0.4) is 0 Å². The molecule has 8 rings (SSSR count). The van der Waals surface area contributed by atoms with Gasteiger partial charge in [0, 0.05) is 0 Å². The van der Waals surface area contributed by atoms with Gasteiger partial charge in [0.25, 0.3) is 0 Å². The fraction of sp³-hybridized carbons (Fsp3) is 0.0294. The van der Waals surface area contributed by atoms with Crippen molar-refractivity contribution in [3.05, 3.63) is 168 Å². The first kappa shape index (κ1) is 50.6. The van der Waals surface area contributed by atoms with E-state index in [4.69, 9.17) is 31.9 Å². The minimum absolute atomic E-state index is 0.131. The van der Waals surface area contributed by atoms with Crippen LogP contribution >= 0.6 is 106 Å². The van der Waals surface area contributed by atoms with Crippen molar-refractivity contribution in [3.63, 3.8) is 0 Å². The Morgan fingerprint density at radius 1 is 0.527 bits per heavy atom. The van der Waals surface area contributed by atoms with Crippen molar-refractivity contribution in [2.45, 2.75) is 0 Å². The summed E-state index contributed by atoms with van der Waals surface area (Å²) < 4.78 is 66.2. The quantitative estimate of drug-likeness (QED) is 0.186. The zero-order chi connectivity index (χ0) is 40.6. The number of hydrogen-bond acceptors (Lipinski definition) is 10. The van der Waals surface area contributed by atoms with Gasteiger partial charge in [-0.1, -0.05) is 0 Å². The minimum Gasteiger partial charge on any atom is -0.168 e. The van der Waals surface area contributed by atoms with Crippen molar-refractivity contribution in [1.82, 2.24) is 0 Å². The molecule has 3 aliphatic rings. The van der Waals surface area contributed by atoms with Crippen molar-refractivity contribution in [1.29, 1.82) is 0 Å². The molecule has 0 spiro atoms. The molecule has 0 saturated heterocycles. The Bertz CT molecular complexity index is 1860. The Labute approximate surface area is 391 Å². The van der Waals surface area contributed by atoms with Crippen LogP contribution in [0, 0.1) is 17.9 Å². The number of fused-ring (bicyclic) bond motifs is 3. The standard InChI is InChI=1S/C8H7IO2.C7H4ClIO2.C7H4FIO2.2C6H5I2.2O2S/c1-9-7-5-3-2-4-6(7)8(10)11-9;2*8-9-6-4-2-1-3-5(6)7(10)11-9;2*7-8-6-4-2-1-3-5-6;2*1-3-2/h2-5H,1H3;2*1-4H;2*1-5H;;/q;;;2*-1;;. The molecule has 0 aliphatic carbocycles. The van der Waals surface area contributed by atoms with Crippen LogP contribution in [-0.2, 0) is 32.3 Å². The summed E-state index contributed by atoms with van der Waals surface area (Å²) in [5, 5.41) is 0. The number of carbonyl (C=O) groups is 3. The maximum Gasteiger partial charge on any atom is 0.335 e. The normalized spacial score (nSPS) is 14.0. The Morgan fingerprint density at radius 3 is 1.24 bits per heavy atom. The van der Waals surface area contributed by atoms with Crippen LogP contribution in [0.2, 0.25) is 0 Å². The monoisotopic (exact) mass is 1600 g/mol. The van der Waals surface area contributed by atoms with Gasteiger partial charge in [-0.2, -0.15) is 16.8 Å². The van der Waals surface area contributed by atoms with Gasteiger partial charge in [0.15, 0.2) is 0 Å². The number of alkyl halides is 1.